The van der Waals surface area contributed by atoms with E-state index < -0.39 is 0 Å². The maximum absolute atomic E-state index is 12.9. The smallest absolute Gasteiger partial charge is 0.228 e. The lowest BCUT2D eigenvalue weighted by Gasteiger charge is -2.31. The molecule has 6 heteroatoms. The van der Waals surface area contributed by atoms with Crippen molar-refractivity contribution in [3.8, 4) is 0 Å². The highest BCUT2D eigenvalue weighted by atomic mass is 16.5. The molecule has 1 N–H and O–H groups in total. The molecule has 1 saturated heterocycles. The van der Waals surface area contributed by atoms with Gasteiger partial charge in [-0.15, -0.1) is 0 Å². The lowest BCUT2D eigenvalue weighted by Crippen LogP contribution is -2.39. The molecule has 0 bridgehead atoms. The van der Waals surface area contributed by atoms with Gasteiger partial charge < -0.3 is 14.4 Å². The summed E-state index contributed by atoms with van der Waals surface area (Å²) in [5.74, 6) is 1.51. The van der Waals surface area contributed by atoms with Crippen LogP contribution in [-0.2, 0) is 11.2 Å². The van der Waals surface area contributed by atoms with Crippen molar-refractivity contribution in [1.82, 2.24) is 20.0 Å². The van der Waals surface area contributed by atoms with E-state index in [2.05, 4.69) is 28.3 Å². The van der Waals surface area contributed by atoms with E-state index in [1.54, 1.807) is 0 Å². The Morgan fingerprint density at radius 1 is 1.21 bits per heavy atom. The first-order valence-corrected chi connectivity index (χ1v) is 10.2. The van der Waals surface area contributed by atoms with Gasteiger partial charge in [-0.25, -0.2) is 4.98 Å². The Labute approximate surface area is 168 Å². The third-order valence-electron chi connectivity index (χ3n) is 5.94. The molecule has 5 rings (SSSR count). The summed E-state index contributed by atoms with van der Waals surface area (Å²) in [6.45, 7) is 5.55. The largest absolute Gasteiger partial charge is 0.356 e. The molecule has 6 nitrogen and oxygen atoms in total. The van der Waals surface area contributed by atoms with Gasteiger partial charge in [0.2, 0.25) is 5.91 Å². The summed E-state index contributed by atoms with van der Waals surface area (Å²) >= 11 is 0. The molecule has 0 spiro atoms. The summed E-state index contributed by atoms with van der Waals surface area (Å²) in [4.78, 5) is 23.0. The number of para-hydroxylation sites is 2. The number of rotatable bonds is 3. The molecule has 4 aromatic rings. The first-order chi connectivity index (χ1) is 14.1. The molecule has 0 radical (unpaired) electrons. The molecule has 2 aromatic heterocycles. The fourth-order valence-electron chi connectivity index (χ4n) is 4.39. The minimum absolute atomic E-state index is 0.113. The number of likely N-dealkylation sites (tertiary alicyclic amines) is 1. The SMILES string of the molecule is Cc1cc(C)c2onc(CC(=O)N3CCC(c4nc5ccccc5[nH]4)CC3)c2c1. The van der Waals surface area contributed by atoms with E-state index in [0.717, 1.165) is 70.6 Å². The third-order valence-corrected chi connectivity index (χ3v) is 5.94. The van der Waals surface area contributed by atoms with Crippen molar-refractivity contribution in [3.63, 3.8) is 0 Å². The Bertz CT molecular complexity index is 1170. The van der Waals surface area contributed by atoms with Crippen molar-refractivity contribution < 1.29 is 9.32 Å². The number of nitrogens with one attached hydrogen (secondary N) is 1. The number of amides is 1. The Hall–Kier alpha value is -3.15. The zero-order chi connectivity index (χ0) is 20.0. The van der Waals surface area contributed by atoms with Gasteiger partial charge in [0, 0.05) is 24.4 Å². The number of benzene rings is 2. The highest BCUT2D eigenvalue weighted by Crippen LogP contribution is 2.29. The van der Waals surface area contributed by atoms with E-state index in [1.165, 1.54) is 0 Å². The minimum Gasteiger partial charge on any atom is -0.356 e. The van der Waals surface area contributed by atoms with Crippen LogP contribution in [0.15, 0.2) is 40.9 Å². The summed E-state index contributed by atoms with van der Waals surface area (Å²) in [5.41, 5.74) is 5.80. The number of H-pyrrole nitrogens is 1. The van der Waals surface area contributed by atoms with Crippen LogP contribution in [-0.4, -0.2) is 39.0 Å². The van der Waals surface area contributed by atoms with Crippen molar-refractivity contribution in [2.24, 2.45) is 0 Å². The van der Waals surface area contributed by atoms with Crippen LogP contribution in [0.2, 0.25) is 0 Å². The van der Waals surface area contributed by atoms with Crippen molar-refractivity contribution in [1.29, 1.82) is 0 Å². The molecule has 0 unspecified atom stereocenters. The molecule has 1 amide bonds. The fraction of sp³-hybridized carbons (Fsp3) is 0.348. The monoisotopic (exact) mass is 388 g/mol. The summed E-state index contributed by atoms with van der Waals surface area (Å²) < 4.78 is 5.49. The standard InChI is InChI=1S/C23H24N4O2/c1-14-11-15(2)22-17(12-14)20(26-29-22)13-21(28)27-9-7-16(8-10-27)23-24-18-5-3-4-6-19(18)25-23/h3-6,11-12,16H,7-10,13H2,1-2H3,(H,24,25). The van der Waals surface area contributed by atoms with Crippen LogP contribution < -0.4 is 0 Å². The molecule has 0 atom stereocenters. The van der Waals surface area contributed by atoms with Gasteiger partial charge in [0.25, 0.3) is 0 Å². The second kappa shape index (κ2) is 7.03. The van der Waals surface area contributed by atoms with Crippen LogP contribution in [0.5, 0.6) is 0 Å². The second-order valence-electron chi connectivity index (χ2n) is 8.06. The zero-order valence-electron chi connectivity index (χ0n) is 16.7. The summed E-state index contributed by atoms with van der Waals surface area (Å²) in [6, 6.07) is 12.2. The normalized spacial score (nSPS) is 15.4. The van der Waals surface area contributed by atoms with Crippen LogP contribution >= 0.6 is 0 Å². The first-order valence-electron chi connectivity index (χ1n) is 10.2. The van der Waals surface area contributed by atoms with E-state index in [0.29, 0.717) is 5.92 Å². The minimum atomic E-state index is 0.113. The number of aromatic nitrogens is 3. The highest BCUT2D eigenvalue weighted by Gasteiger charge is 2.27. The van der Waals surface area contributed by atoms with Crippen LogP contribution in [0, 0.1) is 13.8 Å². The number of imidazole rings is 1. The van der Waals surface area contributed by atoms with E-state index in [4.69, 9.17) is 9.51 Å². The maximum Gasteiger partial charge on any atom is 0.228 e. The van der Waals surface area contributed by atoms with Crippen LogP contribution in [0.4, 0.5) is 0 Å². The van der Waals surface area contributed by atoms with Gasteiger partial charge in [0.1, 0.15) is 11.5 Å². The number of carbonyl (C=O) groups excluding carboxylic acids is 1. The molecule has 1 aliphatic heterocycles. The van der Waals surface area contributed by atoms with Crippen molar-refractivity contribution in [2.45, 2.75) is 39.0 Å². The van der Waals surface area contributed by atoms with E-state index in [-0.39, 0.29) is 12.3 Å². The van der Waals surface area contributed by atoms with Gasteiger partial charge in [-0.05, 0) is 56.0 Å². The Balaban J connectivity index is 1.27. The molecule has 3 heterocycles. The van der Waals surface area contributed by atoms with Gasteiger partial charge in [-0.3, -0.25) is 4.79 Å². The first kappa shape index (κ1) is 17.9. The quantitative estimate of drug-likeness (QED) is 0.569. The van der Waals surface area contributed by atoms with Gasteiger partial charge in [-0.2, -0.15) is 0 Å². The molecule has 0 saturated carbocycles. The molecule has 0 aliphatic carbocycles. The Kier molecular flexibility index (Phi) is 4.34. The van der Waals surface area contributed by atoms with Crippen molar-refractivity contribution in [3.05, 3.63) is 59.0 Å². The Morgan fingerprint density at radius 3 is 2.79 bits per heavy atom. The second-order valence-corrected chi connectivity index (χ2v) is 8.06. The van der Waals surface area contributed by atoms with Gasteiger partial charge in [0.05, 0.1) is 17.5 Å². The number of nitrogens with zero attached hydrogens (tertiary/aromatic N) is 3. The number of aromatic amines is 1. The number of aryl methyl sites for hydroxylation is 2. The van der Waals surface area contributed by atoms with Gasteiger partial charge in [0.15, 0.2) is 5.58 Å². The fourth-order valence-corrected chi connectivity index (χ4v) is 4.39. The molecule has 1 fully saturated rings. The predicted molar refractivity (Wildman–Crippen MR) is 112 cm³/mol. The average molecular weight is 388 g/mol. The average Bonchev–Trinajstić information content (AvgIpc) is 3.32. The summed E-state index contributed by atoms with van der Waals surface area (Å²) in [5, 5.41) is 5.13. The van der Waals surface area contributed by atoms with Crippen molar-refractivity contribution in [2.75, 3.05) is 13.1 Å². The van der Waals surface area contributed by atoms with Crippen LogP contribution in [0.3, 0.4) is 0 Å². The van der Waals surface area contributed by atoms with E-state index in [1.807, 2.05) is 36.9 Å². The number of carbonyl (C=O) groups is 1. The predicted octanol–water partition coefficient (Wildman–Crippen LogP) is 4.27. The Morgan fingerprint density at radius 2 is 2.00 bits per heavy atom. The topological polar surface area (TPSA) is 75.0 Å². The number of hydrogen-bond donors (Lipinski definition) is 1. The maximum atomic E-state index is 12.9. The molecular formula is C23H24N4O2. The number of fused-ring (bicyclic) bond motifs is 2. The van der Waals surface area contributed by atoms with Crippen molar-refractivity contribution >= 4 is 27.9 Å². The van der Waals surface area contributed by atoms with Gasteiger partial charge >= 0.3 is 0 Å². The third kappa shape index (κ3) is 3.28. The van der Waals surface area contributed by atoms with E-state index in [9.17, 15) is 4.79 Å². The lowest BCUT2D eigenvalue weighted by molar-refractivity contribution is -0.131. The molecule has 148 valence electrons. The molecule has 1 aliphatic rings. The summed E-state index contributed by atoms with van der Waals surface area (Å²) in [6.07, 6.45) is 2.12. The molecule has 2 aromatic carbocycles. The number of hydrogen-bond acceptors (Lipinski definition) is 4. The molecule has 29 heavy (non-hydrogen) atoms. The highest BCUT2D eigenvalue weighted by molar-refractivity contribution is 5.88. The summed E-state index contributed by atoms with van der Waals surface area (Å²) in [7, 11) is 0. The van der Waals surface area contributed by atoms with Crippen LogP contribution in [0.1, 0.15) is 41.4 Å². The number of piperidine rings is 1. The molecular weight excluding hydrogens is 364 g/mol. The lowest BCUT2D eigenvalue weighted by atomic mass is 9.95. The van der Waals surface area contributed by atoms with E-state index >= 15 is 0 Å². The van der Waals surface area contributed by atoms with Gasteiger partial charge in [-0.1, -0.05) is 23.4 Å². The van der Waals surface area contributed by atoms with Crippen LogP contribution in [0.25, 0.3) is 22.0 Å². The zero-order valence-corrected chi connectivity index (χ0v) is 16.7.